The number of allylic oxidation sites excluding steroid dienone is 2. The zero-order valence-electron chi connectivity index (χ0n) is 12.0. The molecule has 21 heavy (non-hydrogen) atoms. The molecule has 2 aliphatic heterocycles. The summed E-state index contributed by atoms with van der Waals surface area (Å²) in [7, 11) is 0. The molecule has 3 aliphatic rings. The minimum absolute atomic E-state index is 0.138. The lowest BCUT2D eigenvalue weighted by Crippen LogP contribution is -2.25. The van der Waals surface area contributed by atoms with Gasteiger partial charge in [-0.3, -0.25) is 4.79 Å². The van der Waals surface area contributed by atoms with Gasteiger partial charge in [-0.1, -0.05) is 19.3 Å². The van der Waals surface area contributed by atoms with E-state index in [0.29, 0.717) is 12.2 Å². The second-order valence-corrected chi connectivity index (χ2v) is 6.16. The second kappa shape index (κ2) is 5.10. The predicted octanol–water partition coefficient (Wildman–Crippen LogP) is 3.30. The van der Waals surface area contributed by atoms with E-state index in [4.69, 9.17) is 0 Å². The van der Waals surface area contributed by atoms with E-state index in [2.05, 4.69) is 26.7 Å². The molecular weight excluding hydrogens is 262 g/mol. The van der Waals surface area contributed by atoms with Crippen molar-refractivity contribution in [3.63, 3.8) is 0 Å². The first-order valence-electron chi connectivity index (χ1n) is 7.86. The van der Waals surface area contributed by atoms with Crippen LogP contribution in [0.5, 0.6) is 0 Å². The Morgan fingerprint density at radius 3 is 3.00 bits per heavy atom. The van der Waals surface area contributed by atoms with Gasteiger partial charge in [0, 0.05) is 30.1 Å². The molecule has 1 aromatic heterocycles. The van der Waals surface area contributed by atoms with Crippen LogP contribution in [0.1, 0.15) is 50.1 Å². The minimum atomic E-state index is 0.138. The number of aliphatic imine (C=N–C) groups is 2. The SMILES string of the molecule is O=C(CC1C=C2N=CN=C2n2cccc21)C1CCCCC1. The molecule has 0 amide bonds. The van der Waals surface area contributed by atoms with Gasteiger partial charge in [-0.25, -0.2) is 9.98 Å². The monoisotopic (exact) mass is 281 g/mol. The summed E-state index contributed by atoms with van der Waals surface area (Å²) in [6.07, 6.45) is 12.2. The number of carbonyl (C=O) groups is 1. The molecule has 3 heterocycles. The highest BCUT2D eigenvalue weighted by Gasteiger charge is 2.30. The van der Waals surface area contributed by atoms with Gasteiger partial charge < -0.3 is 4.57 Å². The Morgan fingerprint density at radius 1 is 1.29 bits per heavy atom. The van der Waals surface area contributed by atoms with Crippen LogP contribution in [0, 0.1) is 5.92 Å². The zero-order chi connectivity index (χ0) is 14.2. The molecule has 0 spiro atoms. The van der Waals surface area contributed by atoms with E-state index in [1.165, 1.54) is 19.3 Å². The average Bonchev–Trinajstić information content (AvgIpc) is 3.16. The van der Waals surface area contributed by atoms with Crippen molar-refractivity contribution in [2.45, 2.75) is 44.4 Å². The number of Topliss-reactive ketones (excluding diaryl/α,β-unsaturated/α-hetero) is 1. The van der Waals surface area contributed by atoms with Crippen LogP contribution < -0.4 is 0 Å². The molecule has 1 aliphatic carbocycles. The van der Waals surface area contributed by atoms with Gasteiger partial charge in [-0.2, -0.15) is 0 Å². The summed E-state index contributed by atoms with van der Waals surface area (Å²) in [5.41, 5.74) is 2.06. The number of hydrogen-bond acceptors (Lipinski definition) is 3. The largest absolute Gasteiger partial charge is 0.303 e. The van der Waals surface area contributed by atoms with Gasteiger partial charge in [0.25, 0.3) is 0 Å². The van der Waals surface area contributed by atoms with E-state index in [9.17, 15) is 4.79 Å². The predicted molar refractivity (Wildman–Crippen MR) is 82.8 cm³/mol. The van der Waals surface area contributed by atoms with Gasteiger partial charge in [-0.05, 0) is 31.1 Å². The van der Waals surface area contributed by atoms with E-state index in [1.54, 1.807) is 6.34 Å². The van der Waals surface area contributed by atoms with Crippen LogP contribution in [-0.2, 0) is 4.79 Å². The summed E-state index contributed by atoms with van der Waals surface area (Å²) in [6, 6.07) is 4.11. The number of fused-ring (bicyclic) bond motifs is 3. The molecule has 0 N–H and O–H groups in total. The fourth-order valence-corrected chi connectivity index (χ4v) is 3.71. The Labute approximate surface area is 124 Å². The molecule has 1 saturated carbocycles. The summed E-state index contributed by atoms with van der Waals surface area (Å²) in [6.45, 7) is 0. The Morgan fingerprint density at radius 2 is 2.14 bits per heavy atom. The van der Waals surface area contributed by atoms with Crippen molar-refractivity contribution < 1.29 is 4.79 Å². The third-order valence-corrected chi connectivity index (χ3v) is 4.83. The molecule has 108 valence electrons. The molecule has 0 aromatic carbocycles. The Hall–Kier alpha value is -1.97. The van der Waals surface area contributed by atoms with Crippen LogP contribution in [0.2, 0.25) is 0 Å². The summed E-state index contributed by atoms with van der Waals surface area (Å²) >= 11 is 0. The van der Waals surface area contributed by atoms with Crippen molar-refractivity contribution in [3.8, 4) is 0 Å². The van der Waals surface area contributed by atoms with Crippen molar-refractivity contribution in [3.05, 3.63) is 35.8 Å². The number of hydrogen-bond donors (Lipinski definition) is 0. The Balaban J connectivity index is 1.58. The fourth-order valence-electron chi connectivity index (χ4n) is 3.71. The van der Waals surface area contributed by atoms with Crippen molar-refractivity contribution in [2.24, 2.45) is 15.9 Å². The number of rotatable bonds is 3. The third-order valence-electron chi connectivity index (χ3n) is 4.83. The van der Waals surface area contributed by atoms with Gasteiger partial charge in [0.05, 0.1) is 0 Å². The van der Waals surface area contributed by atoms with Gasteiger partial charge in [0.15, 0.2) is 5.84 Å². The molecule has 4 nitrogen and oxygen atoms in total. The lowest BCUT2D eigenvalue weighted by molar-refractivity contribution is -0.124. The number of ketones is 1. The van der Waals surface area contributed by atoms with E-state index < -0.39 is 0 Å². The van der Waals surface area contributed by atoms with Gasteiger partial charge >= 0.3 is 0 Å². The highest BCUT2D eigenvalue weighted by molar-refractivity contribution is 6.09. The van der Waals surface area contributed by atoms with Crippen LogP contribution >= 0.6 is 0 Å². The summed E-state index contributed by atoms with van der Waals surface area (Å²) in [5, 5.41) is 0. The normalized spacial score (nSPS) is 24.3. The maximum atomic E-state index is 12.6. The first-order chi connectivity index (χ1) is 10.3. The van der Waals surface area contributed by atoms with Crippen LogP contribution in [0.4, 0.5) is 0 Å². The summed E-state index contributed by atoms with van der Waals surface area (Å²) in [4.78, 5) is 21.2. The molecule has 1 unspecified atom stereocenters. The van der Waals surface area contributed by atoms with Crippen LogP contribution in [-0.4, -0.2) is 22.5 Å². The maximum Gasteiger partial charge on any atom is 0.164 e. The molecule has 4 rings (SSSR count). The Bertz CT molecular complexity index is 659. The first kappa shape index (κ1) is 12.7. The highest BCUT2D eigenvalue weighted by Crippen LogP contribution is 2.34. The number of aromatic nitrogens is 1. The molecule has 0 saturated heterocycles. The molecule has 0 radical (unpaired) electrons. The van der Waals surface area contributed by atoms with Gasteiger partial charge in [-0.15, -0.1) is 0 Å². The summed E-state index contributed by atoms with van der Waals surface area (Å²) in [5.74, 6) is 1.73. The quantitative estimate of drug-likeness (QED) is 0.838. The van der Waals surface area contributed by atoms with Crippen molar-refractivity contribution >= 4 is 18.0 Å². The van der Waals surface area contributed by atoms with Crippen molar-refractivity contribution in [2.75, 3.05) is 0 Å². The lowest BCUT2D eigenvalue weighted by Gasteiger charge is -2.25. The van der Waals surface area contributed by atoms with Gasteiger partial charge in [0.2, 0.25) is 0 Å². The smallest absolute Gasteiger partial charge is 0.164 e. The third kappa shape index (κ3) is 2.19. The van der Waals surface area contributed by atoms with Gasteiger partial charge in [0.1, 0.15) is 17.8 Å². The first-order valence-corrected chi connectivity index (χ1v) is 7.86. The van der Waals surface area contributed by atoms with E-state index >= 15 is 0 Å². The molecule has 1 fully saturated rings. The topological polar surface area (TPSA) is 46.7 Å². The minimum Gasteiger partial charge on any atom is -0.303 e. The van der Waals surface area contributed by atoms with Crippen molar-refractivity contribution in [1.82, 2.24) is 4.57 Å². The van der Waals surface area contributed by atoms with Crippen LogP contribution in [0.25, 0.3) is 0 Å². The molecular formula is C17H19N3O. The molecule has 1 atom stereocenters. The van der Waals surface area contributed by atoms with Crippen molar-refractivity contribution in [1.29, 1.82) is 0 Å². The van der Waals surface area contributed by atoms with E-state index in [1.807, 2.05) is 12.3 Å². The van der Waals surface area contributed by atoms with Crippen LogP contribution in [0.3, 0.4) is 0 Å². The lowest BCUT2D eigenvalue weighted by atomic mass is 9.82. The second-order valence-electron chi connectivity index (χ2n) is 6.16. The highest BCUT2D eigenvalue weighted by atomic mass is 16.1. The summed E-state index contributed by atoms with van der Waals surface area (Å²) < 4.78 is 2.07. The maximum absolute atomic E-state index is 12.6. The van der Waals surface area contributed by atoms with Crippen LogP contribution in [0.15, 0.2) is 40.1 Å². The standard InChI is InChI=1S/C17H19N3O/c21-16(12-5-2-1-3-6-12)10-13-9-14-17(19-11-18-14)20-8-4-7-15(13)20/h4,7-9,11-13H,1-3,5-6,10H2. The number of nitrogens with zero attached hydrogens (tertiary/aromatic N) is 3. The molecule has 1 aromatic rings. The Kier molecular flexibility index (Phi) is 3.09. The van der Waals surface area contributed by atoms with E-state index in [0.717, 1.165) is 30.1 Å². The number of carbonyl (C=O) groups excluding carboxylic acids is 1. The van der Waals surface area contributed by atoms with E-state index in [-0.39, 0.29) is 11.8 Å². The zero-order valence-corrected chi connectivity index (χ0v) is 12.0. The average molecular weight is 281 g/mol. The fraction of sp³-hybridized carbons (Fsp3) is 0.471. The molecule has 4 heteroatoms. The molecule has 0 bridgehead atoms.